The molecular formula is C12H17NO2S. The van der Waals surface area contributed by atoms with Crippen molar-refractivity contribution in [1.82, 2.24) is 0 Å². The van der Waals surface area contributed by atoms with Gasteiger partial charge in [-0.3, -0.25) is 0 Å². The quantitative estimate of drug-likeness (QED) is 0.586. The first kappa shape index (κ1) is 12.8. The molecule has 16 heavy (non-hydrogen) atoms. The number of hydrogen-bond acceptors (Lipinski definition) is 3. The van der Waals surface area contributed by atoms with Crippen molar-refractivity contribution < 1.29 is 9.47 Å². The van der Waals surface area contributed by atoms with E-state index in [1.807, 2.05) is 24.3 Å². The Morgan fingerprint density at radius 3 is 2.56 bits per heavy atom. The number of hydrogen-bond donors (Lipinski definition) is 1. The summed E-state index contributed by atoms with van der Waals surface area (Å²) >= 11 is 4.80. The summed E-state index contributed by atoms with van der Waals surface area (Å²) in [4.78, 5) is 0.567. The Labute approximate surface area is 102 Å². The van der Waals surface area contributed by atoms with Gasteiger partial charge in [-0.05, 0) is 31.4 Å². The van der Waals surface area contributed by atoms with Crippen LogP contribution in [-0.4, -0.2) is 18.7 Å². The lowest BCUT2D eigenvalue weighted by Gasteiger charge is -2.09. The van der Waals surface area contributed by atoms with Crippen LogP contribution < -0.4 is 15.2 Å². The number of thiocarbonyl (C=S) groups is 1. The number of ether oxygens (including phenoxy) is 2. The maximum atomic E-state index is 5.60. The fourth-order valence-electron chi connectivity index (χ4n) is 1.32. The lowest BCUT2D eigenvalue weighted by molar-refractivity contribution is 0.287. The molecule has 88 valence electrons. The zero-order valence-corrected chi connectivity index (χ0v) is 10.3. The maximum Gasteiger partial charge on any atom is 0.161 e. The van der Waals surface area contributed by atoms with Crippen LogP contribution in [0.4, 0.5) is 0 Å². The molecule has 0 aliphatic carbocycles. The van der Waals surface area contributed by atoms with Gasteiger partial charge in [-0.25, -0.2) is 0 Å². The molecule has 0 heterocycles. The van der Waals surface area contributed by atoms with E-state index < -0.39 is 0 Å². The van der Waals surface area contributed by atoms with Gasteiger partial charge >= 0.3 is 0 Å². The fourth-order valence-corrected chi connectivity index (χ4v) is 1.47. The van der Waals surface area contributed by atoms with Crippen LogP contribution in [0.2, 0.25) is 0 Å². The largest absolute Gasteiger partial charge is 0.493 e. The second-order valence-electron chi connectivity index (χ2n) is 3.42. The van der Waals surface area contributed by atoms with Crippen LogP contribution in [0.1, 0.15) is 19.3 Å². The van der Waals surface area contributed by atoms with Crippen molar-refractivity contribution in [1.29, 1.82) is 0 Å². The lowest BCUT2D eigenvalue weighted by atomic mass is 10.2. The molecule has 0 bridgehead atoms. The predicted molar refractivity (Wildman–Crippen MR) is 69.1 cm³/mol. The van der Waals surface area contributed by atoms with E-state index in [0.717, 1.165) is 30.8 Å². The normalized spacial score (nSPS) is 9.81. The average Bonchev–Trinajstić information content (AvgIpc) is 2.29. The molecule has 0 radical (unpaired) electrons. The lowest BCUT2D eigenvalue weighted by Crippen LogP contribution is -2.08. The standard InChI is InChI=1S/C12H17NO2S/c1-14-10-6-2-3-7-11(10)15-9-5-4-8-12(13)16/h2-3,6-7H,4-5,8-9H2,1H3,(H2,13,16). The summed E-state index contributed by atoms with van der Waals surface area (Å²) in [5.74, 6) is 1.54. The first-order valence-electron chi connectivity index (χ1n) is 5.28. The molecule has 0 aliphatic rings. The molecule has 1 aromatic rings. The number of nitrogens with two attached hydrogens (primary N) is 1. The van der Waals surface area contributed by atoms with Gasteiger partial charge in [0.2, 0.25) is 0 Å². The first-order valence-corrected chi connectivity index (χ1v) is 5.69. The Morgan fingerprint density at radius 1 is 1.25 bits per heavy atom. The Bertz CT molecular complexity index is 342. The fraction of sp³-hybridized carbons (Fsp3) is 0.417. The third-order valence-corrected chi connectivity index (χ3v) is 2.35. The molecule has 0 saturated carbocycles. The van der Waals surface area contributed by atoms with Crippen LogP contribution in [0.15, 0.2) is 24.3 Å². The molecule has 0 unspecified atom stereocenters. The molecule has 0 aromatic heterocycles. The van der Waals surface area contributed by atoms with E-state index in [4.69, 9.17) is 27.4 Å². The Kier molecular flexibility index (Phi) is 5.64. The van der Waals surface area contributed by atoms with Gasteiger partial charge in [0, 0.05) is 0 Å². The smallest absolute Gasteiger partial charge is 0.161 e. The third-order valence-electron chi connectivity index (χ3n) is 2.14. The van der Waals surface area contributed by atoms with Crippen LogP contribution >= 0.6 is 12.2 Å². The topological polar surface area (TPSA) is 44.5 Å². The van der Waals surface area contributed by atoms with Crippen molar-refractivity contribution >= 4 is 17.2 Å². The minimum atomic E-state index is 0.567. The van der Waals surface area contributed by atoms with Gasteiger partial charge in [-0.2, -0.15) is 0 Å². The molecule has 3 nitrogen and oxygen atoms in total. The summed E-state index contributed by atoms with van der Waals surface area (Å²) < 4.78 is 10.8. The van der Waals surface area contributed by atoms with E-state index in [1.165, 1.54) is 0 Å². The van der Waals surface area contributed by atoms with E-state index in [0.29, 0.717) is 11.6 Å². The summed E-state index contributed by atoms with van der Waals surface area (Å²) in [5.41, 5.74) is 5.40. The van der Waals surface area contributed by atoms with Crippen LogP contribution in [0.25, 0.3) is 0 Å². The zero-order chi connectivity index (χ0) is 11.8. The van der Waals surface area contributed by atoms with Gasteiger partial charge in [0.15, 0.2) is 11.5 Å². The molecule has 4 heteroatoms. The highest BCUT2D eigenvalue weighted by Crippen LogP contribution is 2.25. The van der Waals surface area contributed by atoms with Crippen molar-refractivity contribution in [3.8, 4) is 11.5 Å². The maximum absolute atomic E-state index is 5.60. The Hall–Kier alpha value is -1.29. The Morgan fingerprint density at radius 2 is 1.94 bits per heavy atom. The van der Waals surface area contributed by atoms with Gasteiger partial charge in [0.05, 0.1) is 18.7 Å². The average molecular weight is 239 g/mol. The van der Waals surface area contributed by atoms with Crippen LogP contribution in [0.3, 0.4) is 0 Å². The molecule has 2 N–H and O–H groups in total. The second-order valence-corrected chi connectivity index (χ2v) is 3.95. The number of methoxy groups -OCH3 is 1. The highest BCUT2D eigenvalue weighted by atomic mass is 32.1. The minimum absolute atomic E-state index is 0.567. The highest BCUT2D eigenvalue weighted by Gasteiger charge is 2.01. The zero-order valence-electron chi connectivity index (χ0n) is 9.44. The molecule has 0 fully saturated rings. The summed E-state index contributed by atoms with van der Waals surface area (Å²) in [6.07, 6.45) is 2.69. The van der Waals surface area contributed by atoms with Crippen LogP contribution in [0, 0.1) is 0 Å². The van der Waals surface area contributed by atoms with Gasteiger partial charge in [-0.1, -0.05) is 24.4 Å². The van der Waals surface area contributed by atoms with Crippen molar-refractivity contribution in [2.75, 3.05) is 13.7 Å². The molecule has 0 amide bonds. The monoisotopic (exact) mass is 239 g/mol. The minimum Gasteiger partial charge on any atom is -0.493 e. The molecule has 0 atom stereocenters. The van der Waals surface area contributed by atoms with E-state index in [1.54, 1.807) is 7.11 Å². The number of benzene rings is 1. The molecule has 0 spiro atoms. The highest BCUT2D eigenvalue weighted by molar-refractivity contribution is 7.80. The van der Waals surface area contributed by atoms with Crippen molar-refractivity contribution in [2.24, 2.45) is 5.73 Å². The summed E-state index contributed by atoms with van der Waals surface area (Å²) in [6.45, 7) is 0.656. The molecular weight excluding hydrogens is 222 g/mol. The predicted octanol–water partition coefficient (Wildman–Crippen LogP) is 2.53. The molecule has 0 aliphatic heterocycles. The van der Waals surface area contributed by atoms with Gasteiger partial charge < -0.3 is 15.2 Å². The van der Waals surface area contributed by atoms with Crippen molar-refractivity contribution in [3.63, 3.8) is 0 Å². The van der Waals surface area contributed by atoms with Gasteiger partial charge in [-0.15, -0.1) is 0 Å². The number of para-hydroxylation sites is 2. The van der Waals surface area contributed by atoms with Crippen molar-refractivity contribution in [2.45, 2.75) is 19.3 Å². The SMILES string of the molecule is COc1ccccc1OCCCCC(N)=S. The van der Waals surface area contributed by atoms with E-state index in [-0.39, 0.29) is 0 Å². The summed E-state index contributed by atoms with van der Waals surface area (Å²) in [5, 5.41) is 0. The van der Waals surface area contributed by atoms with E-state index >= 15 is 0 Å². The second kappa shape index (κ2) is 7.06. The van der Waals surface area contributed by atoms with E-state index in [9.17, 15) is 0 Å². The summed E-state index contributed by atoms with van der Waals surface area (Å²) in [6, 6.07) is 7.61. The first-order chi connectivity index (χ1) is 7.74. The van der Waals surface area contributed by atoms with Gasteiger partial charge in [0.1, 0.15) is 0 Å². The third kappa shape index (κ3) is 4.49. The molecule has 1 aromatic carbocycles. The van der Waals surface area contributed by atoms with Crippen molar-refractivity contribution in [3.05, 3.63) is 24.3 Å². The molecule has 0 saturated heterocycles. The summed E-state index contributed by atoms with van der Waals surface area (Å²) in [7, 11) is 1.63. The number of rotatable bonds is 7. The molecule has 1 rings (SSSR count). The Balaban J connectivity index is 2.28. The number of unbranched alkanes of at least 4 members (excludes halogenated alkanes) is 1. The van der Waals surface area contributed by atoms with E-state index in [2.05, 4.69) is 0 Å². The van der Waals surface area contributed by atoms with Crippen LogP contribution in [-0.2, 0) is 0 Å². The van der Waals surface area contributed by atoms with Crippen LogP contribution in [0.5, 0.6) is 11.5 Å². The van der Waals surface area contributed by atoms with Gasteiger partial charge in [0.25, 0.3) is 0 Å².